The van der Waals surface area contributed by atoms with Crippen LogP contribution in [-0.2, 0) is 10.0 Å². The third-order valence-corrected chi connectivity index (χ3v) is 7.08. The highest BCUT2D eigenvalue weighted by atomic mass is 35.5. The fourth-order valence-electron chi connectivity index (χ4n) is 2.46. The van der Waals surface area contributed by atoms with Gasteiger partial charge in [-0.1, -0.05) is 17.7 Å². The molecule has 8 heteroatoms. The molecule has 1 aliphatic rings. The van der Waals surface area contributed by atoms with E-state index >= 15 is 0 Å². The molecule has 1 atom stereocenters. The number of ether oxygens (including phenoxy) is 1. The Balaban J connectivity index is 2.12. The first kappa shape index (κ1) is 15.6. The van der Waals surface area contributed by atoms with Crippen molar-refractivity contribution in [3.8, 4) is 5.75 Å². The highest BCUT2D eigenvalue weighted by molar-refractivity contribution is 7.94. The number of halogens is 1. The van der Waals surface area contributed by atoms with Crippen LogP contribution >= 0.6 is 22.9 Å². The number of benzene rings is 1. The Kier molecular flexibility index (Phi) is 4.07. The summed E-state index contributed by atoms with van der Waals surface area (Å²) < 4.78 is 32.7. The molecule has 2 aromatic rings. The summed E-state index contributed by atoms with van der Waals surface area (Å²) >= 11 is 6.87. The van der Waals surface area contributed by atoms with Crippen LogP contribution in [0.1, 0.15) is 18.1 Å². The lowest BCUT2D eigenvalue weighted by molar-refractivity contribution is 0.166. The highest BCUT2D eigenvalue weighted by Gasteiger charge is 2.33. The number of rotatable bonds is 3. The molecular formula is C14H14ClNO4S2. The van der Waals surface area contributed by atoms with Gasteiger partial charge in [-0.05, 0) is 24.6 Å². The monoisotopic (exact) mass is 359 g/mol. The number of anilines is 1. The number of methoxy groups -OCH3 is 1. The number of thiophene rings is 1. The lowest BCUT2D eigenvalue weighted by Crippen LogP contribution is -2.36. The van der Waals surface area contributed by atoms with Crippen molar-refractivity contribution in [2.45, 2.75) is 16.7 Å². The molecule has 0 amide bonds. The minimum Gasteiger partial charge on any atom is -0.497 e. The lowest BCUT2D eigenvalue weighted by atomic mass is 10.0. The number of hydrogen-bond donors (Lipinski definition) is 1. The first-order valence-corrected chi connectivity index (χ1v) is 9.21. The maximum Gasteiger partial charge on any atom is 0.273 e. The fourth-order valence-corrected chi connectivity index (χ4v) is 5.55. The van der Waals surface area contributed by atoms with E-state index in [4.69, 9.17) is 16.3 Å². The molecule has 0 saturated heterocycles. The summed E-state index contributed by atoms with van der Waals surface area (Å²) in [7, 11) is -2.19. The van der Waals surface area contributed by atoms with Crippen LogP contribution in [0.5, 0.6) is 5.75 Å². The van der Waals surface area contributed by atoms with E-state index in [1.54, 1.807) is 24.3 Å². The first-order valence-electron chi connectivity index (χ1n) is 6.57. The van der Waals surface area contributed by atoms with E-state index in [-0.39, 0.29) is 10.8 Å². The molecule has 5 nitrogen and oxygen atoms in total. The maximum absolute atomic E-state index is 12.8. The molecule has 0 radical (unpaired) electrons. The average Bonchev–Trinajstić information content (AvgIpc) is 2.94. The highest BCUT2D eigenvalue weighted by Crippen LogP contribution is 2.40. The molecular weight excluding hydrogens is 346 g/mol. The quantitative estimate of drug-likeness (QED) is 0.914. The second-order valence-electron chi connectivity index (χ2n) is 4.86. The molecule has 1 aromatic carbocycles. The molecule has 0 saturated carbocycles. The van der Waals surface area contributed by atoms with Crippen LogP contribution in [0.2, 0.25) is 4.34 Å². The zero-order valence-corrected chi connectivity index (χ0v) is 14.1. The number of aliphatic hydroxyl groups is 1. The van der Waals surface area contributed by atoms with E-state index in [2.05, 4.69) is 0 Å². The van der Waals surface area contributed by atoms with Crippen molar-refractivity contribution in [3.63, 3.8) is 0 Å². The smallest absolute Gasteiger partial charge is 0.273 e. The van der Waals surface area contributed by atoms with Crippen molar-refractivity contribution in [2.75, 3.05) is 18.0 Å². The molecule has 1 N–H and O–H groups in total. The van der Waals surface area contributed by atoms with Crippen LogP contribution in [0.4, 0.5) is 5.69 Å². The second kappa shape index (κ2) is 5.73. The summed E-state index contributed by atoms with van der Waals surface area (Å²) in [5.41, 5.74) is 1.03. The minimum atomic E-state index is -3.70. The Morgan fingerprint density at radius 1 is 1.36 bits per heavy atom. The predicted octanol–water partition coefficient (Wildman–Crippen LogP) is 3.04. The Bertz CT molecular complexity index is 803. The Morgan fingerprint density at radius 3 is 2.77 bits per heavy atom. The van der Waals surface area contributed by atoms with E-state index in [1.165, 1.54) is 17.5 Å². The van der Waals surface area contributed by atoms with Crippen molar-refractivity contribution in [3.05, 3.63) is 40.2 Å². The molecule has 1 aromatic heterocycles. The van der Waals surface area contributed by atoms with Crippen LogP contribution in [0.15, 0.2) is 34.5 Å². The van der Waals surface area contributed by atoms with Crippen LogP contribution in [0, 0.1) is 0 Å². The molecule has 0 fully saturated rings. The van der Waals surface area contributed by atoms with Gasteiger partial charge in [0.15, 0.2) is 0 Å². The summed E-state index contributed by atoms with van der Waals surface area (Å²) in [6.45, 7) is 0.208. The molecule has 1 aliphatic heterocycles. The number of fused-ring (bicyclic) bond motifs is 1. The fraction of sp³-hybridized carbons (Fsp3) is 0.286. The van der Waals surface area contributed by atoms with Crippen molar-refractivity contribution in [1.29, 1.82) is 0 Å². The number of nitrogens with zero attached hydrogens (tertiary/aromatic N) is 1. The molecule has 22 heavy (non-hydrogen) atoms. The molecule has 1 unspecified atom stereocenters. The third-order valence-electron chi connectivity index (χ3n) is 3.56. The number of sulfonamides is 1. The predicted molar refractivity (Wildman–Crippen MR) is 86.4 cm³/mol. The van der Waals surface area contributed by atoms with Gasteiger partial charge in [-0.25, -0.2) is 8.42 Å². The normalized spacial score (nSPS) is 18.1. The largest absolute Gasteiger partial charge is 0.497 e. The van der Waals surface area contributed by atoms with Crippen molar-refractivity contribution >= 4 is 38.6 Å². The molecule has 118 valence electrons. The van der Waals surface area contributed by atoms with Gasteiger partial charge in [-0.15, -0.1) is 11.3 Å². The van der Waals surface area contributed by atoms with Gasteiger partial charge in [-0.2, -0.15) is 0 Å². The van der Waals surface area contributed by atoms with Gasteiger partial charge in [0, 0.05) is 18.2 Å². The Labute approximate surface area is 137 Å². The summed E-state index contributed by atoms with van der Waals surface area (Å²) in [5.74, 6) is 0.539. The summed E-state index contributed by atoms with van der Waals surface area (Å²) in [6.07, 6.45) is -0.336. The Morgan fingerprint density at radius 2 is 2.14 bits per heavy atom. The van der Waals surface area contributed by atoms with E-state index in [1.807, 2.05) is 0 Å². The molecule has 2 heterocycles. The summed E-state index contributed by atoms with van der Waals surface area (Å²) in [5, 5.41) is 10.1. The summed E-state index contributed by atoms with van der Waals surface area (Å²) in [6, 6.07) is 8.09. The minimum absolute atomic E-state index is 0.183. The van der Waals surface area contributed by atoms with Crippen LogP contribution in [-0.4, -0.2) is 27.2 Å². The van der Waals surface area contributed by atoms with E-state index in [0.29, 0.717) is 27.8 Å². The van der Waals surface area contributed by atoms with Crippen LogP contribution in [0.3, 0.4) is 0 Å². The third kappa shape index (κ3) is 2.58. The standard InChI is InChI=1S/C14H14ClNO4S2/c1-20-9-2-3-10-11(8-9)16(7-6-12(10)17)22(18,19)14-5-4-13(15)21-14/h2-5,8,12,17H,6-7H2,1H3. The van der Waals surface area contributed by atoms with E-state index in [0.717, 1.165) is 11.3 Å². The van der Waals surface area contributed by atoms with Gasteiger partial charge in [0.2, 0.25) is 0 Å². The first-order chi connectivity index (χ1) is 10.4. The molecule has 0 aliphatic carbocycles. The number of hydrogen-bond acceptors (Lipinski definition) is 5. The van der Waals surface area contributed by atoms with Gasteiger partial charge >= 0.3 is 0 Å². The Hall–Kier alpha value is -1.28. The zero-order chi connectivity index (χ0) is 15.9. The topological polar surface area (TPSA) is 66.8 Å². The molecule has 3 rings (SSSR count). The maximum atomic E-state index is 12.8. The second-order valence-corrected chi connectivity index (χ2v) is 8.67. The lowest BCUT2D eigenvalue weighted by Gasteiger charge is -2.32. The molecule has 0 spiro atoms. The molecule has 0 bridgehead atoms. The zero-order valence-electron chi connectivity index (χ0n) is 11.7. The van der Waals surface area contributed by atoms with E-state index in [9.17, 15) is 13.5 Å². The van der Waals surface area contributed by atoms with E-state index < -0.39 is 16.1 Å². The number of aliphatic hydroxyl groups excluding tert-OH is 1. The van der Waals surface area contributed by atoms with Crippen LogP contribution in [0.25, 0.3) is 0 Å². The van der Waals surface area contributed by atoms with Gasteiger partial charge < -0.3 is 9.84 Å². The SMILES string of the molecule is COc1ccc2c(c1)N(S(=O)(=O)c1ccc(Cl)s1)CCC2O. The van der Waals surface area contributed by atoms with Gasteiger partial charge in [0.25, 0.3) is 10.0 Å². The van der Waals surface area contributed by atoms with Crippen molar-refractivity contribution in [1.82, 2.24) is 0 Å². The van der Waals surface area contributed by atoms with Gasteiger partial charge in [0.05, 0.1) is 23.2 Å². The van der Waals surface area contributed by atoms with Crippen molar-refractivity contribution < 1.29 is 18.3 Å². The van der Waals surface area contributed by atoms with Gasteiger partial charge in [0.1, 0.15) is 9.96 Å². The van der Waals surface area contributed by atoms with Crippen LogP contribution < -0.4 is 9.04 Å². The average molecular weight is 360 g/mol. The van der Waals surface area contributed by atoms with Crippen molar-refractivity contribution in [2.24, 2.45) is 0 Å². The summed E-state index contributed by atoms with van der Waals surface area (Å²) in [4.78, 5) is 0. The van der Waals surface area contributed by atoms with Gasteiger partial charge in [-0.3, -0.25) is 4.31 Å².